The Hall–Kier alpha value is -4.72. The van der Waals surface area contributed by atoms with Gasteiger partial charge in [-0.2, -0.15) is 0 Å². The number of phenolic OH excluding ortho intramolecular Hbond substituents is 2. The molecule has 0 radical (unpaired) electrons. The molecule has 3 saturated carbocycles. The van der Waals surface area contributed by atoms with E-state index in [1.807, 2.05) is 30.4 Å². The average molecular weight is 1300 g/mol. The van der Waals surface area contributed by atoms with Crippen LogP contribution in [0.3, 0.4) is 0 Å². The van der Waals surface area contributed by atoms with Crippen LogP contribution in [-0.4, -0.2) is 250 Å². The lowest BCUT2D eigenvalue weighted by Crippen LogP contribution is -2.77. The molecule has 7 unspecified atom stereocenters. The predicted molar refractivity (Wildman–Crippen MR) is 347 cm³/mol. The molecule has 512 valence electrons. The maximum atomic E-state index is 12.8. The molecule has 3 saturated heterocycles. The molecule has 20 nitrogen and oxygen atoms in total. The predicted octanol–water partition coefficient (Wildman–Crippen LogP) is 5.70. The molecule has 20 heteroatoms. The third kappa shape index (κ3) is 10.1. The fourth-order valence-electron chi connectivity index (χ4n) is 20.9. The zero-order valence-corrected chi connectivity index (χ0v) is 54.9. The smallest absolute Gasteiger partial charge is 0.165 e. The summed E-state index contributed by atoms with van der Waals surface area (Å²) in [5.74, 6) is 2.06. The first-order valence-electron chi connectivity index (χ1n) is 35.2. The van der Waals surface area contributed by atoms with Crippen LogP contribution in [0.5, 0.6) is 28.7 Å². The van der Waals surface area contributed by atoms with E-state index in [0.29, 0.717) is 188 Å². The summed E-state index contributed by atoms with van der Waals surface area (Å²) in [5.41, 5.74) is 2.97. The van der Waals surface area contributed by atoms with Gasteiger partial charge in [-0.1, -0.05) is 42.5 Å². The Bertz CT molecular complexity index is 2960. The maximum Gasteiger partial charge on any atom is 0.165 e. The lowest BCUT2D eigenvalue weighted by atomic mass is 9.48. The van der Waals surface area contributed by atoms with Gasteiger partial charge in [0.2, 0.25) is 0 Å². The minimum Gasteiger partial charge on any atom is -0.504 e. The Morgan fingerprint density at radius 3 is 1.13 bits per heavy atom. The molecule has 0 aromatic heterocycles. The van der Waals surface area contributed by atoms with Crippen LogP contribution >= 0.6 is 0 Å². The highest BCUT2D eigenvalue weighted by Crippen LogP contribution is 2.69. The summed E-state index contributed by atoms with van der Waals surface area (Å²) in [6, 6.07) is 11.7. The zero-order valence-electron chi connectivity index (χ0n) is 54.9. The normalized spacial score (nSPS) is 36.0. The van der Waals surface area contributed by atoms with Gasteiger partial charge in [-0.05, 0) is 138 Å². The number of nitrogens with zero attached hydrogens (tertiary/aromatic N) is 3. The number of aromatic hydroxyl groups is 2. The van der Waals surface area contributed by atoms with E-state index < -0.39 is 45.3 Å². The van der Waals surface area contributed by atoms with Crippen LogP contribution in [0.1, 0.15) is 96.7 Å². The fraction of sp³-hybridized carbons (Fsp3) is 0.676. The van der Waals surface area contributed by atoms with Crippen molar-refractivity contribution in [2.75, 3.05) is 138 Å². The molecule has 0 amide bonds. The van der Waals surface area contributed by atoms with Crippen LogP contribution < -0.4 is 14.2 Å². The van der Waals surface area contributed by atoms with Gasteiger partial charge in [0.25, 0.3) is 0 Å². The van der Waals surface area contributed by atoms with Crippen molar-refractivity contribution in [1.82, 2.24) is 14.7 Å². The molecular weight excluding hydrogens is 1200 g/mol. The molecule has 6 aliphatic carbocycles. The Kier molecular flexibility index (Phi) is 18.2. The minimum absolute atomic E-state index is 0.000235. The summed E-state index contributed by atoms with van der Waals surface area (Å²) >= 11 is 0. The highest BCUT2D eigenvalue weighted by molar-refractivity contribution is 5.65. The second kappa shape index (κ2) is 26.2. The van der Waals surface area contributed by atoms with Crippen molar-refractivity contribution < 1.29 is 82.4 Å². The molecule has 94 heavy (non-hydrogen) atoms. The SMILES string of the molecule is C=CCN1CC[C@]23c4c5ccc(O)c4OC2C(OCCOCCOCC(COCCOCCO[C@H]2CC[C@@]4(O)C6Cc7ccc(O)c8c7[C@@]4(CCN6CC=C)C2O8)COCCOCCO[C@@H]2CC[C@@]4(O)C6Cc7ccc(C)c8c7[C@@]4(CCN6CC=C)[C@H]2O8)CC[C@@]3(O)C1C5. The highest BCUT2D eigenvalue weighted by atomic mass is 16.6. The van der Waals surface area contributed by atoms with Gasteiger partial charge >= 0.3 is 0 Å². The number of aliphatic hydroxyl groups is 3. The molecule has 15 rings (SSSR count). The Morgan fingerprint density at radius 1 is 0.447 bits per heavy atom. The van der Waals surface area contributed by atoms with E-state index >= 15 is 0 Å². The van der Waals surface area contributed by atoms with Crippen molar-refractivity contribution in [2.24, 2.45) is 5.92 Å². The van der Waals surface area contributed by atoms with E-state index in [-0.39, 0.29) is 60.0 Å². The van der Waals surface area contributed by atoms with E-state index in [4.69, 9.17) is 56.8 Å². The molecule has 12 aliphatic rings. The molecule has 6 heterocycles. The van der Waals surface area contributed by atoms with Crippen LogP contribution in [0, 0.1) is 12.8 Å². The van der Waals surface area contributed by atoms with Crippen molar-refractivity contribution in [3.05, 3.63) is 113 Å². The van der Waals surface area contributed by atoms with Gasteiger partial charge in [0.1, 0.15) is 24.1 Å². The number of phenols is 2. The number of likely N-dealkylation sites (tertiary alicyclic amines) is 3. The van der Waals surface area contributed by atoms with Crippen molar-refractivity contribution in [3.8, 4) is 28.7 Å². The first-order valence-corrected chi connectivity index (χ1v) is 35.2. The summed E-state index contributed by atoms with van der Waals surface area (Å²) in [7, 11) is 0. The van der Waals surface area contributed by atoms with Crippen molar-refractivity contribution in [2.45, 2.75) is 172 Å². The van der Waals surface area contributed by atoms with Gasteiger partial charge in [0, 0.05) is 60.4 Å². The minimum atomic E-state index is -1.02. The Labute approximate surface area is 552 Å². The molecule has 6 bridgehead atoms. The monoisotopic (exact) mass is 1300 g/mol. The molecule has 5 N–H and O–H groups in total. The van der Waals surface area contributed by atoms with Gasteiger partial charge < -0.3 is 82.4 Å². The third-order valence-corrected chi connectivity index (χ3v) is 24.7. The summed E-state index contributed by atoms with van der Waals surface area (Å²) < 4.78 is 76.8. The van der Waals surface area contributed by atoms with Crippen LogP contribution in [0.25, 0.3) is 0 Å². The van der Waals surface area contributed by atoms with E-state index in [1.54, 1.807) is 12.1 Å². The maximum absolute atomic E-state index is 12.8. The first-order chi connectivity index (χ1) is 45.8. The molecule has 3 aromatic carbocycles. The highest BCUT2D eigenvalue weighted by Gasteiger charge is 2.76. The van der Waals surface area contributed by atoms with E-state index in [2.05, 4.69) is 53.5 Å². The lowest BCUT2D eigenvalue weighted by molar-refractivity contribution is -0.215. The second-order valence-corrected chi connectivity index (χ2v) is 29.0. The number of hydrogen-bond acceptors (Lipinski definition) is 20. The van der Waals surface area contributed by atoms with E-state index in [9.17, 15) is 25.5 Å². The topological polar surface area (TPSA) is 222 Å². The standard InChI is InChI=1S/C74H99N3O17/c1-5-23-75-26-20-69-60-49-9-8-47(4)63(60)92-66(69)54(14-17-72(69,80)57(75)41-49)89-38-35-83-29-32-86-44-48(45-87-33-30-84-36-39-90-55-15-18-73(81)58-42-50-10-12-52(78)64-61(50)70(73,67(55)93-64)21-27-76(58)24-6-2)46-88-34-31-85-37-40-91-56-16-19-74(82)59-43-51-11-13-53(79)65-62(51)71(74,68(56)94-65)22-28-77(59)25-7-3/h5-13,48,54-59,66-68,78-82H,1-3,14-46H2,4H3/t48?,54-,55+,56?,57?,58?,59?,66+,67?,68?,69+,70+,71+,72-,73-,74-/m1/s1. The molecular formula is C74H99N3O17. The number of aryl methyl sites for hydroxylation is 1. The average Bonchev–Trinajstić information content (AvgIpc) is 1.42. The molecule has 16 atom stereocenters. The van der Waals surface area contributed by atoms with Gasteiger partial charge in [0.05, 0.1) is 150 Å². The van der Waals surface area contributed by atoms with Gasteiger partial charge in [-0.3, -0.25) is 14.7 Å². The van der Waals surface area contributed by atoms with E-state index in [0.717, 1.165) is 72.6 Å². The van der Waals surface area contributed by atoms with Gasteiger partial charge in [-0.15, -0.1) is 19.7 Å². The van der Waals surface area contributed by atoms with Crippen LogP contribution in [0.15, 0.2) is 74.4 Å². The molecule has 6 fully saturated rings. The largest absolute Gasteiger partial charge is 0.504 e. The summed E-state index contributed by atoms with van der Waals surface area (Å²) in [4.78, 5) is 7.11. The summed E-state index contributed by atoms with van der Waals surface area (Å²) in [6.07, 6.45) is 12.1. The molecule has 6 aliphatic heterocycles. The Balaban J connectivity index is 0.512. The number of benzene rings is 3. The third-order valence-electron chi connectivity index (χ3n) is 24.7. The summed E-state index contributed by atoms with van der Waals surface area (Å²) in [5, 5.41) is 60.3. The van der Waals surface area contributed by atoms with Crippen molar-refractivity contribution in [1.29, 1.82) is 0 Å². The Morgan fingerprint density at radius 2 is 0.766 bits per heavy atom. The van der Waals surface area contributed by atoms with E-state index in [1.165, 1.54) is 11.1 Å². The summed E-state index contributed by atoms with van der Waals surface area (Å²) in [6.45, 7) is 24.3. The zero-order chi connectivity index (χ0) is 64.6. The van der Waals surface area contributed by atoms with Crippen LogP contribution in [-0.2, 0) is 78.1 Å². The lowest BCUT2D eigenvalue weighted by Gasteiger charge is -2.64. The fourth-order valence-corrected chi connectivity index (χ4v) is 20.9. The van der Waals surface area contributed by atoms with Crippen molar-refractivity contribution >= 4 is 0 Å². The van der Waals surface area contributed by atoms with Gasteiger partial charge in [0.15, 0.2) is 23.0 Å². The molecule has 3 spiro atoms. The quantitative estimate of drug-likeness (QED) is 0.0365. The van der Waals surface area contributed by atoms with Crippen molar-refractivity contribution in [3.63, 3.8) is 0 Å². The number of rotatable bonds is 33. The van der Waals surface area contributed by atoms with Crippen LogP contribution in [0.2, 0.25) is 0 Å². The number of ether oxygens (including phenoxy) is 12. The number of hydrogen-bond donors (Lipinski definition) is 5. The van der Waals surface area contributed by atoms with Gasteiger partial charge in [-0.25, -0.2) is 0 Å². The van der Waals surface area contributed by atoms with Crippen LogP contribution in [0.4, 0.5) is 0 Å². The second-order valence-electron chi connectivity index (χ2n) is 29.0. The number of piperidine rings is 3. The first kappa shape index (κ1) is 65.2. The molecule has 3 aromatic rings.